The second-order valence-electron chi connectivity index (χ2n) is 12.6. The summed E-state index contributed by atoms with van der Waals surface area (Å²) >= 11 is 0. The zero-order chi connectivity index (χ0) is 33.6. The second kappa shape index (κ2) is 14.3. The lowest BCUT2D eigenvalue weighted by Gasteiger charge is -2.37. The number of aromatic nitrogens is 1. The Kier molecular flexibility index (Phi) is 9.99. The monoisotopic (exact) mass is 633 g/mol. The zero-order valence-corrected chi connectivity index (χ0v) is 26.8. The molecule has 10 nitrogen and oxygen atoms in total. The number of hydrogen-bond donors (Lipinski definition) is 3. The molecule has 1 saturated heterocycles. The molecule has 0 aliphatic carbocycles. The Bertz CT molecular complexity index is 1730. The molecule has 5 rings (SSSR count). The van der Waals surface area contributed by atoms with Crippen LogP contribution in [0.15, 0.2) is 97.3 Å². The number of aliphatic carboxylic acids is 1. The van der Waals surface area contributed by atoms with E-state index in [9.17, 15) is 24.3 Å². The Morgan fingerprint density at radius 2 is 1.49 bits per heavy atom. The summed E-state index contributed by atoms with van der Waals surface area (Å²) in [5.74, 6) is -1.92. The maximum atomic E-state index is 13.5. The number of amides is 3. The Morgan fingerprint density at radius 1 is 0.809 bits per heavy atom. The Morgan fingerprint density at radius 3 is 2.11 bits per heavy atom. The highest BCUT2D eigenvalue weighted by atomic mass is 16.4. The normalized spacial score (nSPS) is 13.9. The fraction of sp³-hybridized carbons (Fsp3) is 0.270. The Hall–Kier alpha value is -5.51. The van der Waals surface area contributed by atoms with Crippen molar-refractivity contribution in [2.75, 3.05) is 36.4 Å². The molecule has 0 spiro atoms. The van der Waals surface area contributed by atoms with Crippen LogP contribution in [0.5, 0.6) is 0 Å². The van der Waals surface area contributed by atoms with Crippen LogP contribution in [-0.4, -0.2) is 64.9 Å². The molecule has 242 valence electrons. The van der Waals surface area contributed by atoms with Gasteiger partial charge in [-0.1, -0.05) is 57.2 Å². The smallest absolute Gasteiger partial charge is 0.305 e. The number of carboxylic acid groups (broad SMARTS) is 1. The van der Waals surface area contributed by atoms with E-state index in [2.05, 4.69) is 41.3 Å². The van der Waals surface area contributed by atoms with Crippen LogP contribution in [0.3, 0.4) is 0 Å². The van der Waals surface area contributed by atoms with Crippen molar-refractivity contribution < 1.29 is 24.3 Å². The molecular weight excluding hydrogens is 594 g/mol. The number of nitrogens with zero attached hydrogens (tertiary/aromatic N) is 3. The molecule has 1 aliphatic heterocycles. The first kappa shape index (κ1) is 32.9. The molecule has 3 amide bonds. The first-order valence-electron chi connectivity index (χ1n) is 15.6. The highest BCUT2D eigenvalue weighted by molar-refractivity contribution is 6.07. The van der Waals surface area contributed by atoms with E-state index >= 15 is 0 Å². The number of nitrogens with one attached hydrogen (secondary N) is 2. The summed E-state index contributed by atoms with van der Waals surface area (Å²) in [5, 5.41) is 15.3. The minimum atomic E-state index is -1.06. The second-order valence-corrected chi connectivity index (χ2v) is 12.6. The van der Waals surface area contributed by atoms with Gasteiger partial charge in [-0.25, -0.2) is 0 Å². The van der Waals surface area contributed by atoms with E-state index in [4.69, 9.17) is 0 Å². The number of pyridine rings is 1. The largest absolute Gasteiger partial charge is 0.481 e. The fourth-order valence-corrected chi connectivity index (χ4v) is 5.53. The van der Waals surface area contributed by atoms with Crippen molar-refractivity contribution in [1.82, 2.24) is 15.2 Å². The molecule has 1 aromatic heterocycles. The molecule has 1 fully saturated rings. The topological polar surface area (TPSA) is 132 Å². The predicted molar refractivity (Wildman–Crippen MR) is 181 cm³/mol. The van der Waals surface area contributed by atoms with Crippen LogP contribution in [0.4, 0.5) is 11.4 Å². The van der Waals surface area contributed by atoms with Gasteiger partial charge < -0.3 is 25.5 Å². The van der Waals surface area contributed by atoms with Crippen LogP contribution in [0.25, 0.3) is 0 Å². The molecule has 4 aromatic rings. The van der Waals surface area contributed by atoms with Crippen molar-refractivity contribution in [2.45, 2.75) is 38.6 Å². The maximum absolute atomic E-state index is 13.5. The average Bonchev–Trinajstić information content (AvgIpc) is 3.08. The van der Waals surface area contributed by atoms with Crippen molar-refractivity contribution in [2.24, 2.45) is 0 Å². The Labute approximate surface area is 274 Å². The summed E-state index contributed by atoms with van der Waals surface area (Å²) < 4.78 is 0. The summed E-state index contributed by atoms with van der Waals surface area (Å²) in [6.07, 6.45) is 2.77. The average molecular weight is 634 g/mol. The van der Waals surface area contributed by atoms with E-state index in [0.717, 1.165) is 5.56 Å². The molecule has 1 atom stereocenters. The van der Waals surface area contributed by atoms with Gasteiger partial charge in [0.15, 0.2) is 0 Å². The van der Waals surface area contributed by atoms with Gasteiger partial charge in [0.2, 0.25) is 0 Å². The van der Waals surface area contributed by atoms with E-state index in [-0.39, 0.29) is 29.2 Å². The zero-order valence-electron chi connectivity index (χ0n) is 26.8. The van der Waals surface area contributed by atoms with Crippen molar-refractivity contribution in [3.8, 4) is 0 Å². The van der Waals surface area contributed by atoms with Gasteiger partial charge in [-0.2, -0.15) is 0 Å². The minimum absolute atomic E-state index is 0.0333. The molecule has 10 heteroatoms. The van der Waals surface area contributed by atoms with E-state index in [0.29, 0.717) is 54.2 Å². The van der Waals surface area contributed by atoms with Crippen LogP contribution in [0.1, 0.15) is 75.4 Å². The van der Waals surface area contributed by atoms with Gasteiger partial charge in [0.25, 0.3) is 17.7 Å². The third-order valence-corrected chi connectivity index (χ3v) is 8.22. The van der Waals surface area contributed by atoms with E-state index < -0.39 is 17.9 Å². The molecule has 0 radical (unpaired) electrons. The lowest BCUT2D eigenvalue weighted by molar-refractivity contribution is -0.137. The molecule has 47 heavy (non-hydrogen) atoms. The lowest BCUT2D eigenvalue weighted by Crippen LogP contribution is -2.49. The quantitative estimate of drug-likeness (QED) is 0.221. The van der Waals surface area contributed by atoms with Gasteiger partial charge in [-0.15, -0.1) is 0 Å². The standard InChI is InChI=1S/C37H39N5O5/c1-37(2,3)29-14-11-25(12-15-29)34(45)40-31-22-27(35(46)39-30(23-33(43)44)28-10-7-17-38-24-28)13-16-32(31)41-18-20-42(21-19-41)36(47)26-8-5-4-6-9-26/h4-17,22,24,30H,18-21,23H2,1-3H3,(H,39,46)(H,40,45)(H,43,44). The number of carboxylic acids is 1. The number of piperazine rings is 1. The summed E-state index contributed by atoms with van der Waals surface area (Å²) in [6.45, 7) is 8.33. The summed E-state index contributed by atoms with van der Waals surface area (Å²) in [5.41, 5.74) is 4.09. The van der Waals surface area contributed by atoms with Gasteiger partial charge in [0.05, 0.1) is 23.8 Å². The number of hydrogen-bond acceptors (Lipinski definition) is 6. The fourth-order valence-electron chi connectivity index (χ4n) is 5.53. The molecular formula is C37H39N5O5. The van der Waals surface area contributed by atoms with Crippen molar-refractivity contribution in [3.05, 3.63) is 125 Å². The highest BCUT2D eigenvalue weighted by Crippen LogP contribution is 2.30. The van der Waals surface area contributed by atoms with Crippen LogP contribution in [-0.2, 0) is 10.2 Å². The molecule has 3 N–H and O–H groups in total. The summed E-state index contributed by atoms with van der Waals surface area (Å²) in [4.78, 5) is 59.6. The highest BCUT2D eigenvalue weighted by Gasteiger charge is 2.26. The van der Waals surface area contributed by atoms with Gasteiger partial charge in [0.1, 0.15) is 0 Å². The maximum Gasteiger partial charge on any atom is 0.305 e. The molecule has 1 unspecified atom stereocenters. The SMILES string of the molecule is CC(C)(C)c1ccc(C(=O)Nc2cc(C(=O)NC(CC(=O)O)c3cccnc3)ccc2N2CCN(C(=O)c3ccccc3)CC2)cc1. The van der Waals surface area contributed by atoms with Gasteiger partial charge in [0, 0.05) is 55.3 Å². The van der Waals surface area contributed by atoms with E-state index in [1.54, 1.807) is 60.8 Å². The molecule has 3 aromatic carbocycles. The number of anilines is 2. The van der Waals surface area contributed by atoms with E-state index in [1.165, 1.54) is 6.20 Å². The molecule has 1 aliphatic rings. The van der Waals surface area contributed by atoms with Crippen LogP contribution < -0.4 is 15.5 Å². The number of carbonyl (C=O) groups is 4. The van der Waals surface area contributed by atoms with Gasteiger partial charge in [-0.05, 0) is 65.1 Å². The number of carbonyl (C=O) groups excluding carboxylic acids is 3. The van der Waals surface area contributed by atoms with Crippen molar-refractivity contribution in [1.29, 1.82) is 0 Å². The van der Waals surface area contributed by atoms with Gasteiger partial charge in [-0.3, -0.25) is 24.2 Å². The number of rotatable bonds is 9. The minimum Gasteiger partial charge on any atom is -0.481 e. The third kappa shape index (κ3) is 8.21. The predicted octanol–water partition coefficient (Wildman–Crippen LogP) is 5.54. The summed E-state index contributed by atoms with van der Waals surface area (Å²) in [7, 11) is 0. The van der Waals surface area contributed by atoms with Crippen LogP contribution in [0, 0.1) is 0 Å². The third-order valence-electron chi connectivity index (χ3n) is 8.22. The first-order valence-corrected chi connectivity index (χ1v) is 15.6. The molecule has 0 bridgehead atoms. The van der Waals surface area contributed by atoms with Crippen LogP contribution >= 0.6 is 0 Å². The van der Waals surface area contributed by atoms with Crippen molar-refractivity contribution >= 4 is 35.1 Å². The summed E-state index contributed by atoms with van der Waals surface area (Å²) in [6, 6.07) is 24.2. The molecule has 0 saturated carbocycles. The molecule has 2 heterocycles. The lowest BCUT2D eigenvalue weighted by atomic mass is 9.86. The first-order chi connectivity index (χ1) is 22.5. The Balaban J connectivity index is 1.40. The van der Waals surface area contributed by atoms with Gasteiger partial charge >= 0.3 is 5.97 Å². The number of benzene rings is 3. The van der Waals surface area contributed by atoms with Crippen molar-refractivity contribution in [3.63, 3.8) is 0 Å². The van der Waals surface area contributed by atoms with E-state index in [1.807, 2.05) is 35.2 Å². The van der Waals surface area contributed by atoms with Crippen LogP contribution in [0.2, 0.25) is 0 Å².